The molecule has 1 unspecified atom stereocenters. The predicted molar refractivity (Wildman–Crippen MR) is 141 cm³/mol. The minimum atomic E-state index is -0.382. The maximum atomic E-state index is 13.3. The van der Waals surface area contributed by atoms with E-state index in [2.05, 4.69) is 41.0 Å². The molecule has 35 heavy (non-hydrogen) atoms. The first kappa shape index (κ1) is 21.9. The van der Waals surface area contributed by atoms with Crippen molar-refractivity contribution in [2.24, 2.45) is 0 Å². The summed E-state index contributed by atoms with van der Waals surface area (Å²) < 4.78 is 1.16. The highest BCUT2D eigenvalue weighted by molar-refractivity contribution is 7.21. The van der Waals surface area contributed by atoms with Crippen molar-refractivity contribution in [1.82, 2.24) is 9.88 Å². The molecule has 0 aliphatic carbocycles. The number of piperazine rings is 1. The lowest BCUT2D eigenvalue weighted by molar-refractivity contribution is -0.123. The maximum Gasteiger partial charge on any atom is 0.251 e. The minimum absolute atomic E-state index is 0.119. The fraction of sp³-hybridized carbons (Fsp3) is 0.250. The van der Waals surface area contributed by atoms with Gasteiger partial charge in [0.05, 0.1) is 28.4 Å². The van der Waals surface area contributed by atoms with Crippen molar-refractivity contribution < 1.29 is 9.59 Å². The number of thiazole rings is 1. The van der Waals surface area contributed by atoms with Gasteiger partial charge in [0.25, 0.3) is 5.91 Å². The van der Waals surface area contributed by atoms with Gasteiger partial charge in [0, 0.05) is 37.4 Å². The summed E-state index contributed by atoms with van der Waals surface area (Å²) in [5.74, 6) is -0.250. The number of imide groups is 1. The number of fused-ring (bicyclic) bond motifs is 1. The van der Waals surface area contributed by atoms with E-state index in [-0.39, 0.29) is 24.3 Å². The molecule has 2 aliphatic rings. The van der Waals surface area contributed by atoms with Crippen molar-refractivity contribution in [3.63, 3.8) is 0 Å². The zero-order chi connectivity index (χ0) is 23.9. The molecule has 6 nitrogen and oxygen atoms in total. The van der Waals surface area contributed by atoms with E-state index in [0.29, 0.717) is 5.69 Å². The summed E-state index contributed by atoms with van der Waals surface area (Å²) in [5.41, 5.74) is 5.02. The molecule has 3 heterocycles. The number of aryl methyl sites for hydroxylation is 1. The maximum absolute atomic E-state index is 13.3. The van der Waals surface area contributed by atoms with Crippen LogP contribution in [-0.4, -0.2) is 53.9 Å². The first-order chi connectivity index (χ1) is 17.1. The van der Waals surface area contributed by atoms with Gasteiger partial charge in [-0.25, -0.2) is 9.88 Å². The van der Waals surface area contributed by atoms with E-state index in [1.165, 1.54) is 16.2 Å². The summed E-state index contributed by atoms with van der Waals surface area (Å²) in [4.78, 5) is 36.8. The molecule has 6 rings (SSSR count). The van der Waals surface area contributed by atoms with Gasteiger partial charge in [-0.1, -0.05) is 24.3 Å². The normalized spacial score (nSPS) is 19.2. The van der Waals surface area contributed by atoms with Crippen LogP contribution in [0, 0.1) is 6.92 Å². The van der Waals surface area contributed by atoms with Gasteiger partial charge in [0.15, 0.2) is 0 Å². The van der Waals surface area contributed by atoms with Crippen LogP contribution in [0.25, 0.3) is 20.8 Å². The number of carbonyl (C=O) groups is 2. The van der Waals surface area contributed by atoms with Crippen LogP contribution in [0.5, 0.6) is 0 Å². The Hall–Kier alpha value is -3.55. The highest BCUT2D eigenvalue weighted by Gasteiger charge is 2.43. The first-order valence-electron chi connectivity index (χ1n) is 12.0. The summed E-state index contributed by atoms with van der Waals surface area (Å²) in [6, 6.07) is 23.8. The van der Waals surface area contributed by atoms with Crippen LogP contribution in [0.4, 0.5) is 11.4 Å². The number of anilines is 2. The van der Waals surface area contributed by atoms with Crippen molar-refractivity contribution in [2.45, 2.75) is 19.4 Å². The Bertz CT molecular complexity index is 1390. The van der Waals surface area contributed by atoms with Gasteiger partial charge in [-0.3, -0.25) is 14.5 Å². The molecular weight excluding hydrogens is 456 g/mol. The molecule has 2 fully saturated rings. The largest absolute Gasteiger partial charge is 0.369 e. The number of nitrogens with zero attached hydrogens (tertiary/aromatic N) is 4. The van der Waals surface area contributed by atoms with Gasteiger partial charge in [-0.2, -0.15) is 0 Å². The average molecular weight is 483 g/mol. The predicted octanol–water partition coefficient (Wildman–Crippen LogP) is 4.73. The third-order valence-corrected chi connectivity index (χ3v) is 7.98. The lowest BCUT2D eigenvalue weighted by atomic mass is 10.1. The molecule has 0 N–H and O–H groups in total. The molecule has 176 valence electrons. The number of rotatable bonds is 4. The summed E-state index contributed by atoms with van der Waals surface area (Å²) in [7, 11) is 0. The van der Waals surface area contributed by atoms with Crippen molar-refractivity contribution in [3.8, 4) is 10.6 Å². The van der Waals surface area contributed by atoms with Gasteiger partial charge in [-0.15, -0.1) is 11.3 Å². The SMILES string of the molecule is Cc1ccc2nc(-c3ccc(N4C(=O)CC(N5CCN(c6ccccc6)CC5)C4=O)cc3)sc2c1. The lowest BCUT2D eigenvalue weighted by Crippen LogP contribution is -2.52. The van der Waals surface area contributed by atoms with Gasteiger partial charge in [0.2, 0.25) is 5.91 Å². The molecule has 1 aromatic heterocycles. The second-order valence-corrected chi connectivity index (χ2v) is 10.2. The van der Waals surface area contributed by atoms with E-state index in [9.17, 15) is 9.59 Å². The number of carbonyl (C=O) groups excluding carboxylic acids is 2. The highest BCUT2D eigenvalue weighted by Crippen LogP contribution is 2.33. The lowest BCUT2D eigenvalue weighted by Gasteiger charge is -2.38. The molecule has 4 aromatic rings. The monoisotopic (exact) mass is 482 g/mol. The zero-order valence-electron chi connectivity index (χ0n) is 19.6. The number of benzene rings is 3. The van der Waals surface area contributed by atoms with Crippen molar-refractivity contribution >= 4 is 44.7 Å². The smallest absolute Gasteiger partial charge is 0.251 e. The molecule has 1 atom stereocenters. The molecule has 2 saturated heterocycles. The van der Waals surface area contributed by atoms with Crippen LogP contribution in [0.3, 0.4) is 0 Å². The summed E-state index contributed by atoms with van der Waals surface area (Å²) in [5, 5.41) is 0.936. The zero-order valence-corrected chi connectivity index (χ0v) is 20.4. The Labute approximate surface area is 208 Å². The second-order valence-electron chi connectivity index (χ2n) is 9.18. The standard InChI is InChI=1S/C28H26N4O2S/c1-19-7-12-23-25(17-19)35-27(29-23)20-8-10-22(11-9-20)32-26(33)18-24(28(32)34)31-15-13-30(14-16-31)21-5-3-2-4-6-21/h2-12,17,24H,13-16,18H2,1H3. The molecule has 0 bridgehead atoms. The molecule has 0 spiro atoms. The van der Waals surface area contributed by atoms with Gasteiger partial charge in [0.1, 0.15) is 5.01 Å². The van der Waals surface area contributed by atoms with Gasteiger partial charge < -0.3 is 4.90 Å². The third kappa shape index (κ3) is 4.11. The van der Waals surface area contributed by atoms with E-state index >= 15 is 0 Å². The van der Waals surface area contributed by atoms with Crippen LogP contribution >= 0.6 is 11.3 Å². The Morgan fingerprint density at radius 1 is 0.857 bits per heavy atom. The summed E-state index contributed by atoms with van der Waals surface area (Å²) in [6.45, 7) is 5.30. The number of para-hydroxylation sites is 1. The van der Waals surface area contributed by atoms with Crippen molar-refractivity contribution in [3.05, 3.63) is 78.4 Å². The van der Waals surface area contributed by atoms with Crippen LogP contribution in [-0.2, 0) is 9.59 Å². The van der Waals surface area contributed by atoms with Crippen LogP contribution in [0.2, 0.25) is 0 Å². The number of aromatic nitrogens is 1. The number of hydrogen-bond acceptors (Lipinski definition) is 6. The molecule has 2 amide bonds. The van der Waals surface area contributed by atoms with E-state index in [1.54, 1.807) is 11.3 Å². The van der Waals surface area contributed by atoms with Crippen molar-refractivity contribution in [1.29, 1.82) is 0 Å². The van der Waals surface area contributed by atoms with E-state index in [0.717, 1.165) is 47.0 Å². The highest BCUT2D eigenvalue weighted by atomic mass is 32.1. The van der Waals surface area contributed by atoms with E-state index in [1.807, 2.05) is 48.5 Å². The molecule has 2 aliphatic heterocycles. The van der Waals surface area contributed by atoms with Crippen LogP contribution in [0.1, 0.15) is 12.0 Å². The molecule has 0 radical (unpaired) electrons. The molecular formula is C28H26N4O2S. The number of amides is 2. The van der Waals surface area contributed by atoms with E-state index in [4.69, 9.17) is 4.98 Å². The van der Waals surface area contributed by atoms with Gasteiger partial charge >= 0.3 is 0 Å². The van der Waals surface area contributed by atoms with E-state index < -0.39 is 0 Å². The summed E-state index contributed by atoms with van der Waals surface area (Å²) >= 11 is 1.65. The summed E-state index contributed by atoms with van der Waals surface area (Å²) in [6.07, 6.45) is 0.239. The Morgan fingerprint density at radius 2 is 1.60 bits per heavy atom. The number of hydrogen-bond donors (Lipinski definition) is 0. The molecule has 0 saturated carbocycles. The van der Waals surface area contributed by atoms with Crippen LogP contribution in [0.15, 0.2) is 72.8 Å². The fourth-order valence-corrected chi connectivity index (χ4v) is 6.08. The fourth-order valence-electron chi connectivity index (χ4n) is 5.01. The van der Waals surface area contributed by atoms with Crippen molar-refractivity contribution in [2.75, 3.05) is 36.0 Å². The first-order valence-corrected chi connectivity index (χ1v) is 12.8. The van der Waals surface area contributed by atoms with Crippen LogP contribution < -0.4 is 9.80 Å². The topological polar surface area (TPSA) is 56.8 Å². The van der Waals surface area contributed by atoms with Gasteiger partial charge in [-0.05, 0) is 61.0 Å². The molecule has 7 heteroatoms. The average Bonchev–Trinajstić information content (AvgIpc) is 3.44. The third-order valence-electron chi connectivity index (χ3n) is 6.92. The second kappa shape index (κ2) is 8.91. The minimum Gasteiger partial charge on any atom is -0.369 e. The quantitative estimate of drug-likeness (QED) is 0.394. The molecule has 3 aromatic carbocycles. The Balaban J connectivity index is 1.16. The Morgan fingerprint density at radius 3 is 2.34 bits per heavy atom. The Kier molecular flexibility index (Phi) is 5.59.